The minimum Gasteiger partial charge on any atom is -0.355 e. The lowest BCUT2D eigenvalue weighted by Crippen LogP contribution is -2.60. The summed E-state index contributed by atoms with van der Waals surface area (Å²) in [7, 11) is 0. The highest BCUT2D eigenvalue weighted by Crippen LogP contribution is 2.37. The molecule has 0 radical (unpaired) electrons. The Kier molecular flexibility index (Phi) is 4.54. The van der Waals surface area contributed by atoms with Crippen LogP contribution < -0.4 is 10.6 Å². The van der Waals surface area contributed by atoms with Gasteiger partial charge in [-0.25, -0.2) is 9.97 Å². The van der Waals surface area contributed by atoms with Crippen LogP contribution in [-0.4, -0.2) is 52.2 Å². The molecule has 4 heterocycles. The van der Waals surface area contributed by atoms with Gasteiger partial charge in [-0.2, -0.15) is 0 Å². The molecular formula is C22H26N6O. The fourth-order valence-electron chi connectivity index (χ4n) is 4.79. The molecule has 2 aromatic rings. The van der Waals surface area contributed by atoms with Crippen molar-refractivity contribution < 1.29 is 4.79 Å². The van der Waals surface area contributed by atoms with Gasteiger partial charge < -0.3 is 15.5 Å². The third-order valence-electron chi connectivity index (χ3n) is 6.46. The van der Waals surface area contributed by atoms with E-state index in [2.05, 4.69) is 32.0 Å². The van der Waals surface area contributed by atoms with E-state index in [1.807, 2.05) is 29.3 Å². The number of fused-ring (bicyclic) bond motifs is 1. The lowest BCUT2D eigenvalue weighted by Gasteiger charge is -2.41. The zero-order valence-corrected chi connectivity index (χ0v) is 16.5. The topological polar surface area (TPSA) is 87.7 Å². The molecular weight excluding hydrogens is 364 g/mol. The molecule has 150 valence electrons. The van der Waals surface area contributed by atoms with Crippen LogP contribution in [-0.2, 0) is 11.2 Å². The molecule has 7 heteroatoms. The van der Waals surface area contributed by atoms with Gasteiger partial charge in [0.05, 0.1) is 17.3 Å². The molecule has 3 aliphatic rings. The highest BCUT2D eigenvalue weighted by atomic mass is 16.2. The van der Waals surface area contributed by atoms with E-state index in [-0.39, 0.29) is 11.9 Å². The number of benzene rings is 1. The van der Waals surface area contributed by atoms with E-state index >= 15 is 0 Å². The number of hydrogen-bond acceptors (Lipinski definition) is 6. The summed E-state index contributed by atoms with van der Waals surface area (Å²) in [5, 5.41) is 0. The van der Waals surface area contributed by atoms with Gasteiger partial charge in [-0.1, -0.05) is 30.3 Å². The Morgan fingerprint density at radius 1 is 1.10 bits per heavy atom. The zero-order valence-electron chi connectivity index (χ0n) is 16.5. The van der Waals surface area contributed by atoms with E-state index < -0.39 is 5.54 Å². The maximum atomic E-state index is 13.5. The molecule has 29 heavy (non-hydrogen) atoms. The van der Waals surface area contributed by atoms with Crippen molar-refractivity contribution in [3.63, 3.8) is 0 Å². The SMILES string of the molecule is NC1(C(=O)N2CCCC2c2ccccc2)CCN(c2ncnc3c2N=CC3)CC1. The summed E-state index contributed by atoms with van der Waals surface area (Å²) in [6.45, 7) is 2.19. The van der Waals surface area contributed by atoms with Crippen molar-refractivity contribution in [3.8, 4) is 0 Å². The molecule has 0 bridgehead atoms. The summed E-state index contributed by atoms with van der Waals surface area (Å²) >= 11 is 0. The molecule has 2 saturated heterocycles. The highest BCUT2D eigenvalue weighted by Gasteiger charge is 2.44. The van der Waals surface area contributed by atoms with Gasteiger partial charge in [0.2, 0.25) is 5.91 Å². The van der Waals surface area contributed by atoms with Crippen molar-refractivity contribution in [1.29, 1.82) is 0 Å². The first-order valence-corrected chi connectivity index (χ1v) is 10.4. The number of nitrogens with two attached hydrogens (primary N) is 1. The molecule has 2 N–H and O–H groups in total. The summed E-state index contributed by atoms with van der Waals surface area (Å²) in [4.78, 5) is 30.9. The third-order valence-corrected chi connectivity index (χ3v) is 6.46. The molecule has 1 atom stereocenters. The number of piperidine rings is 1. The lowest BCUT2D eigenvalue weighted by atomic mass is 9.86. The number of rotatable bonds is 3. The lowest BCUT2D eigenvalue weighted by molar-refractivity contribution is -0.138. The first kappa shape index (κ1) is 18.2. The molecule has 1 unspecified atom stereocenters. The third kappa shape index (κ3) is 3.19. The number of carbonyl (C=O) groups is 1. The first-order chi connectivity index (χ1) is 14.2. The van der Waals surface area contributed by atoms with E-state index in [0.29, 0.717) is 25.9 Å². The molecule has 2 fully saturated rings. The van der Waals surface area contributed by atoms with Gasteiger partial charge in [0.1, 0.15) is 12.0 Å². The standard InChI is InChI=1S/C22H26N6O/c23-22(21(29)28-12-4-7-18(28)16-5-2-1-3-6-16)9-13-27(14-10-22)20-19-17(8-11-24-19)25-15-26-20/h1-3,5-6,11,15,18H,4,7-10,12-14,23H2. The van der Waals surface area contributed by atoms with Gasteiger partial charge in [-0.15, -0.1) is 0 Å². The van der Waals surface area contributed by atoms with E-state index in [1.54, 1.807) is 6.33 Å². The number of nitrogens with zero attached hydrogens (tertiary/aromatic N) is 5. The normalized spacial score (nSPS) is 22.7. The molecule has 0 saturated carbocycles. The van der Waals surface area contributed by atoms with Crippen LogP contribution in [0.2, 0.25) is 0 Å². The van der Waals surface area contributed by atoms with Gasteiger partial charge in [0.15, 0.2) is 5.82 Å². The molecule has 0 spiro atoms. The van der Waals surface area contributed by atoms with Crippen molar-refractivity contribution in [3.05, 3.63) is 47.9 Å². The van der Waals surface area contributed by atoms with Crippen LogP contribution in [0.4, 0.5) is 11.5 Å². The summed E-state index contributed by atoms with van der Waals surface area (Å²) in [5.74, 6) is 0.955. The Hall–Kier alpha value is -2.80. The van der Waals surface area contributed by atoms with Crippen LogP contribution >= 0.6 is 0 Å². The summed E-state index contributed by atoms with van der Waals surface area (Å²) in [5.41, 5.74) is 8.92. The number of hydrogen-bond donors (Lipinski definition) is 1. The molecule has 3 aliphatic heterocycles. The van der Waals surface area contributed by atoms with Crippen LogP contribution in [0.25, 0.3) is 0 Å². The van der Waals surface area contributed by atoms with Crippen LogP contribution in [0.15, 0.2) is 41.7 Å². The largest absolute Gasteiger partial charge is 0.355 e. The van der Waals surface area contributed by atoms with E-state index in [1.165, 1.54) is 5.56 Å². The highest BCUT2D eigenvalue weighted by molar-refractivity contribution is 5.87. The number of carbonyl (C=O) groups excluding carboxylic acids is 1. The zero-order chi connectivity index (χ0) is 19.8. The van der Waals surface area contributed by atoms with Gasteiger partial charge in [-0.05, 0) is 31.2 Å². The Balaban J connectivity index is 1.31. The number of amides is 1. The van der Waals surface area contributed by atoms with Gasteiger partial charge >= 0.3 is 0 Å². The Morgan fingerprint density at radius 3 is 2.69 bits per heavy atom. The predicted octanol–water partition coefficient (Wildman–Crippen LogP) is 2.40. The number of aromatic nitrogens is 2. The van der Waals surface area contributed by atoms with Crippen molar-refractivity contribution >= 4 is 23.6 Å². The van der Waals surface area contributed by atoms with Crippen molar-refractivity contribution in [2.75, 3.05) is 24.5 Å². The van der Waals surface area contributed by atoms with Crippen molar-refractivity contribution in [2.24, 2.45) is 10.7 Å². The molecule has 1 aromatic heterocycles. The number of anilines is 1. The van der Waals surface area contributed by atoms with Crippen LogP contribution in [0, 0.1) is 0 Å². The predicted molar refractivity (Wildman–Crippen MR) is 112 cm³/mol. The summed E-state index contributed by atoms with van der Waals surface area (Å²) < 4.78 is 0. The quantitative estimate of drug-likeness (QED) is 0.869. The monoisotopic (exact) mass is 390 g/mol. The Morgan fingerprint density at radius 2 is 1.90 bits per heavy atom. The minimum absolute atomic E-state index is 0.0921. The molecule has 0 aliphatic carbocycles. The Bertz CT molecular complexity index is 936. The number of likely N-dealkylation sites (tertiary alicyclic amines) is 1. The maximum absolute atomic E-state index is 13.5. The fraction of sp³-hybridized carbons (Fsp3) is 0.455. The van der Waals surface area contributed by atoms with Gasteiger partial charge in [0.25, 0.3) is 0 Å². The first-order valence-electron chi connectivity index (χ1n) is 10.4. The molecule has 1 aromatic carbocycles. The average molecular weight is 390 g/mol. The molecule has 7 nitrogen and oxygen atoms in total. The second-order valence-electron chi connectivity index (χ2n) is 8.22. The van der Waals surface area contributed by atoms with Crippen molar-refractivity contribution in [1.82, 2.24) is 14.9 Å². The van der Waals surface area contributed by atoms with Gasteiger partial charge in [-0.3, -0.25) is 9.79 Å². The summed E-state index contributed by atoms with van der Waals surface area (Å²) in [6, 6.07) is 10.4. The smallest absolute Gasteiger partial charge is 0.243 e. The van der Waals surface area contributed by atoms with E-state index in [0.717, 1.165) is 43.0 Å². The minimum atomic E-state index is -0.812. The average Bonchev–Trinajstić information content (AvgIpc) is 3.44. The van der Waals surface area contributed by atoms with E-state index in [9.17, 15) is 4.79 Å². The summed E-state index contributed by atoms with van der Waals surface area (Å²) in [6.07, 6.45) is 7.50. The number of aliphatic imine (C=N–C) groups is 1. The van der Waals surface area contributed by atoms with E-state index in [4.69, 9.17) is 5.73 Å². The molecule has 1 amide bonds. The maximum Gasteiger partial charge on any atom is 0.243 e. The van der Waals surface area contributed by atoms with Crippen LogP contribution in [0.3, 0.4) is 0 Å². The van der Waals surface area contributed by atoms with Gasteiger partial charge in [0, 0.05) is 32.3 Å². The second-order valence-corrected chi connectivity index (χ2v) is 8.22. The Labute approximate surface area is 170 Å². The molecule has 5 rings (SSSR count). The second kappa shape index (κ2) is 7.22. The van der Waals surface area contributed by atoms with Crippen molar-refractivity contribution in [2.45, 2.75) is 43.7 Å². The van der Waals surface area contributed by atoms with Crippen LogP contribution in [0.1, 0.15) is 43.0 Å². The fourth-order valence-corrected chi connectivity index (χ4v) is 4.79. The van der Waals surface area contributed by atoms with Crippen LogP contribution in [0.5, 0.6) is 0 Å².